The van der Waals surface area contributed by atoms with Crippen molar-refractivity contribution < 1.29 is 4.42 Å². The third kappa shape index (κ3) is 2.66. The Bertz CT molecular complexity index is 232. The van der Waals surface area contributed by atoms with Gasteiger partial charge in [0.2, 0.25) is 5.89 Å². The molecule has 1 N–H and O–H groups in total. The number of hydrogen-bond donors (Lipinski definition) is 1. The zero-order valence-corrected chi connectivity index (χ0v) is 7.92. The number of rotatable bonds is 4. The molecule has 0 amide bonds. The topological polar surface area (TPSA) is 38.1 Å². The van der Waals surface area contributed by atoms with E-state index in [1.807, 2.05) is 6.92 Å². The smallest absolute Gasteiger partial charge is 0.208 e. The van der Waals surface area contributed by atoms with Crippen molar-refractivity contribution >= 4 is 0 Å². The van der Waals surface area contributed by atoms with Crippen LogP contribution in [0.15, 0.2) is 10.6 Å². The maximum Gasteiger partial charge on any atom is 0.208 e. The average Bonchev–Trinajstić information content (AvgIpc) is 2.47. The van der Waals surface area contributed by atoms with Crippen LogP contribution in [0.1, 0.15) is 31.9 Å². The summed E-state index contributed by atoms with van der Waals surface area (Å²) in [5.41, 5.74) is 0. The standard InChI is InChI=1S/C9H16N2O/c1-4-7(2)10-6-9-11-5-8(3)12-9/h5,7,10H,4,6H2,1-3H3. The highest BCUT2D eigenvalue weighted by molar-refractivity contribution is 4.90. The van der Waals surface area contributed by atoms with Crippen molar-refractivity contribution in [3.05, 3.63) is 17.8 Å². The SMILES string of the molecule is CCC(C)NCc1ncc(C)o1. The Morgan fingerprint density at radius 1 is 1.67 bits per heavy atom. The molecule has 0 saturated carbocycles. The van der Waals surface area contributed by atoms with E-state index >= 15 is 0 Å². The lowest BCUT2D eigenvalue weighted by molar-refractivity contribution is 0.425. The van der Waals surface area contributed by atoms with Crippen molar-refractivity contribution in [2.24, 2.45) is 0 Å². The van der Waals surface area contributed by atoms with E-state index in [1.54, 1.807) is 6.20 Å². The number of oxazole rings is 1. The molecule has 0 aliphatic carbocycles. The maximum absolute atomic E-state index is 5.30. The van der Waals surface area contributed by atoms with E-state index in [0.29, 0.717) is 6.04 Å². The molecule has 1 aromatic heterocycles. The summed E-state index contributed by atoms with van der Waals surface area (Å²) in [7, 11) is 0. The molecule has 1 aromatic rings. The van der Waals surface area contributed by atoms with Gasteiger partial charge in [-0.25, -0.2) is 4.98 Å². The van der Waals surface area contributed by atoms with Gasteiger partial charge in [0, 0.05) is 6.04 Å². The molecule has 0 aliphatic heterocycles. The van der Waals surface area contributed by atoms with Crippen molar-refractivity contribution in [2.75, 3.05) is 0 Å². The van der Waals surface area contributed by atoms with Crippen molar-refractivity contribution in [3.8, 4) is 0 Å². The van der Waals surface area contributed by atoms with Crippen LogP contribution < -0.4 is 5.32 Å². The molecule has 12 heavy (non-hydrogen) atoms. The predicted molar refractivity (Wildman–Crippen MR) is 47.8 cm³/mol. The number of nitrogens with one attached hydrogen (secondary N) is 1. The minimum atomic E-state index is 0.525. The van der Waals surface area contributed by atoms with Gasteiger partial charge in [-0.15, -0.1) is 0 Å². The van der Waals surface area contributed by atoms with Crippen LogP contribution in [0.5, 0.6) is 0 Å². The molecule has 0 bridgehead atoms. The Labute approximate surface area is 73.2 Å². The molecule has 68 valence electrons. The highest BCUT2D eigenvalue weighted by Gasteiger charge is 2.01. The summed E-state index contributed by atoms with van der Waals surface area (Å²) in [5, 5.41) is 3.31. The first-order valence-corrected chi connectivity index (χ1v) is 4.37. The molecule has 0 radical (unpaired) electrons. The van der Waals surface area contributed by atoms with E-state index in [1.165, 1.54) is 0 Å². The van der Waals surface area contributed by atoms with Gasteiger partial charge in [0.1, 0.15) is 5.76 Å². The fourth-order valence-corrected chi connectivity index (χ4v) is 0.889. The molecule has 3 heteroatoms. The van der Waals surface area contributed by atoms with E-state index in [2.05, 4.69) is 24.1 Å². The molecule has 0 fully saturated rings. The zero-order chi connectivity index (χ0) is 8.97. The second kappa shape index (κ2) is 4.26. The summed E-state index contributed by atoms with van der Waals surface area (Å²) >= 11 is 0. The Balaban J connectivity index is 2.33. The lowest BCUT2D eigenvalue weighted by atomic mass is 10.3. The van der Waals surface area contributed by atoms with Gasteiger partial charge in [-0.3, -0.25) is 0 Å². The van der Waals surface area contributed by atoms with Crippen LogP contribution >= 0.6 is 0 Å². The Hall–Kier alpha value is -0.830. The van der Waals surface area contributed by atoms with Gasteiger partial charge in [0.05, 0.1) is 12.7 Å². The second-order valence-corrected chi connectivity index (χ2v) is 3.05. The van der Waals surface area contributed by atoms with Crippen LogP contribution in [0.4, 0.5) is 0 Å². The first-order valence-electron chi connectivity index (χ1n) is 4.37. The zero-order valence-electron chi connectivity index (χ0n) is 7.92. The number of aromatic nitrogens is 1. The molecule has 0 aliphatic rings. The Kier molecular flexibility index (Phi) is 3.29. The van der Waals surface area contributed by atoms with Gasteiger partial charge in [0.25, 0.3) is 0 Å². The molecule has 3 nitrogen and oxygen atoms in total. The normalized spacial score (nSPS) is 13.2. The number of aryl methyl sites for hydroxylation is 1. The van der Waals surface area contributed by atoms with Crippen molar-refractivity contribution in [1.82, 2.24) is 10.3 Å². The molecule has 0 saturated heterocycles. The van der Waals surface area contributed by atoms with Gasteiger partial charge >= 0.3 is 0 Å². The monoisotopic (exact) mass is 168 g/mol. The maximum atomic E-state index is 5.30. The molecule has 1 atom stereocenters. The Morgan fingerprint density at radius 2 is 2.42 bits per heavy atom. The molecule has 1 heterocycles. The molecule has 1 rings (SSSR count). The fourth-order valence-electron chi connectivity index (χ4n) is 0.889. The van der Waals surface area contributed by atoms with Crippen molar-refractivity contribution in [3.63, 3.8) is 0 Å². The summed E-state index contributed by atoms with van der Waals surface area (Å²) in [5.74, 6) is 1.64. The molecule has 0 spiro atoms. The summed E-state index contributed by atoms with van der Waals surface area (Å²) in [4.78, 5) is 4.09. The van der Waals surface area contributed by atoms with Crippen molar-refractivity contribution in [2.45, 2.75) is 39.8 Å². The molecule has 1 unspecified atom stereocenters. The van der Waals surface area contributed by atoms with Crippen LogP contribution in [-0.2, 0) is 6.54 Å². The van der Waals surface area contributed by atoms with Gasteiger partial charge in [-0.05, 0) is 20.3 Å². The number of hydrogen-bond acceptors (Lipinski definition) is 3. The van der Waals surface area contributed by atoms with Gasteiger partial charge in [-0.2, -0.15) is 0 Å². The third-order valence-electron chi connectivity index (χ3n) is 1.88. The average molecular weight is 168 g/mol. The summed E-state index contributed by atoms with van der Waals surface area (Å²) in [6.07, 6.45) is 2.87. The van der Waals surface area contributed by atoms with E-state index < -0.39 is 0 Å². The lowest BCUT2D eigenvalue weighted by Crippen LogP contribution is -2.24. The highest BCUT2D eigenvalue weighted by Crippen LogP contribution is 2.01. The van der Waals surface area contributed by atoms with Crippen LogP contribution in [0.25, 0.3) is 0 Å². The predicted octanol–water partition coefficient (Wildman–Crippen LogP) is 1.87. The van der Waals surface area contributed by atoms with Crippen LogP contribution in [-0.4, -0.2) is 11.0 Å². The molecular formula is C9H16N2O. The highest BCUT2D eigenvalue weighted by atomic mass is 16.4. The van der Waals surface area contributed by atoms with Crippen LogP contribution in [0, 0.1) is 6.92 Å². The molecule has 0 aromatic carbocycles. The van der Waals surface area contributed by atoms with Crippen LogP contribution in [0.2, 0.25) is 0 Å². The van der Waals surface area contributed by atoms with Crippen LogP contribution in [0.3, 0.4) is 0 Å². The summed E-state index contributed by atoms with van der Waals surface area (Å²) in [6.45, 7) is 6.93. The minimum absolute atomic E-state index is 0.525. The summed E-state index contributed by atoms with van der Waals surface area (Å²) < 4.78 is 5.30. The third-order valence-corrected chi connectivity index (χ3v) is 1.88. The van der Waals surface area contributed by atoms with E-state index in [9.17, 15) is 0 Å². The minimum Gasteiger partial charge on any atom is -0.445 e. The van der Waals surface area contributed by atoms with Gasteiger partial charge < -0.3 is 9.73 Å². The molecular weight excluding hydrogens is 152 g/mol. The first-order chi connectivity index (χ1) is 5.72. The van der Waals surface area contributed by atoms with E-state index in [-0.39, 0.29) is 0 Å². The van der Waals surface area contributed by atoms with E-state index in [4.69, 9.17) is 4.42 Å². The lowest BCUT2D eigenvalue weighted by Gasteiger charge is -2.07. The first kappa shape index (κ1) is 9.26. The largest absolute Gasteiger partial charge is 0.445 e. The van der Waals surface area contributed by atoms with Crippen molar-refractivity contribution in [1.29, 1.82) is 0 Å². The van der Waals surface area contributed by atoms with Gasteiger partial charge in [0.15, 0.2) is 0 Å². The van der Waals surface area contributed by atoms with Gasteiger partial charge in [-0.1, -0.05) is 6.92 Å². The Morgan fingerprint density at radius 3 is 2.92 bits per heavy atom. The quantitative estimate of drug-likeness (QED) is 0.745. The second-order valence-electron chi connectivity index (χ2n) is 3.05. The van der Waals surface area contributed by atoms with E-state index in [0.717, 1.165) is 24.6 Å². The summed E-state index contributed by atoms with van der Waals surface area (Å²) in [6, 6.07) is 0.525. The number of nitrogens with zero attached hydrogens (tertiary/aromatic N) is 1. The fraction of sp³-hybridized carbons (Fsp3) is 0.667.